The molecule has 3 N–H and O–H groups in total. The zero-order valence-electron chi connectivity index (χ0n) is 15.0. The van der Waals surface area contributed by atoms with E-state index in [4.69, 9.17) is 5.73 Å². The molecule has 0 radical (unpaired) electrons. The fourth-order valence-corrected chi connectivity index (χ4v) is 3.65. The Kier molecular flexibility index (Phi) is 7.17. The number of rotatable bonds is 5. The minimum absolute atomic E-state index is 0. The number of para-hydroxylation sites is 1. The van der Waals surface area contributed by atoms with Crippen molar-refractivity contribution in [1.29, 1.82) is 0 Å². The van der Waals surface area contributed by atoms with Crippen LogP contribution in [0.2, 0.25) is 0 Å². The Bertz CT molecular complexity index is 743. The van der Waals surface area contributed by atoms with Crippen LogP contribution in [0.3, 0.4) is 0 Å². The largest absolute Gasteiger partial charge is 0.348 e. The van der Waals surface area contributed by atoms with E-state index < -0.39 is 0 Å². The van der Waals surface area contributed by atoms with Gasteiger partial charge in [0.2, 0.25) is 0 Å². The van der Waals surface area contributed by atoms with Gasteiger partial charge in [-0.3, -0.25) is 4.79 Å². The second-order valence-corrected chi connectivity index (χ2v) is 6.72. The number of hydrogen-bond donors (Lipinski definition) is 2. The molecule has 1 unspecified atom stereocenters. The van der Waals surface area contributed by atoms with Gasteiger partial charge in [-0.2, -0.15) is 5.10 Å². The van der Waals surface area contributed by atoms with Crippen LogP contribution >= 0.6 is 12.4 Å². The van der Waals surface area contributed by atoms with E-state index in [1.54, 1.807) is 25.1 Å². The Labute approximate surface area is 159 Å². The van der Waals surface area contributed by atoms with Crippen molar-refractivity contribution < 1.29 is 9.18 Å². The highest BCUT2D eigenvalue weighted by atomic mass is 35.5. The molecule has 1 heterocycles. The summed E-state index contributed by atoms with van der Waals surface area (Å²) in [7, 11) is 0. The lowest BCUT2D eigenvalue weighted by Gasteiger charge is -2.30. The highest BCUT2D eigenvalue weighted by Crippen LogP contribution is 2.26. The molecule has 0 aliphatic heterocycles. The van der Waals surface area contributed by atoms with Crippen LogP contribution in [0.15, 0.2) is 30.5 Å². The Balaban J connectivity index is 0.00000243. The summed E-state index contributed by atoms with van der Waals surface area (Å²) < 4.78 is 15.5. The summed E-state index contributed by atoms with van der Waals surface area (Å²) in [5.41, 5.74) is 7.30. The Morgan fingerprint density at radius 1 is 1.35 bits per heavy atom. The van der Waals surface area contributed by atoms with E-state index in [0.717, 1.165) is 12.8 Å². The van der Waals surface area contributed by atoms with E-state index in [-0.39, 0.29) is 30.2 Å². The van der Waals surface area contributed by atoms with Crippen molar-refractivity contribution in [2.24, 2.45) is 11.7 Å². The molecule has 1 aromatic heterocycles. The van der Waals surface area contributed by atoms with Gasteiger partial charge in [-0.25, -0.2) is 9.07 Å². The zero-order chi connectivity index (χ0) is 17.8. The summed E-state index contributed by atoms with van der Waals surface area (Å²) in [6, 6.07) is 6.36. The molecule has 1 aliphatic rings. The van der Waals surface area contributed by atoms with Gasteiger partial charge in [0.1, 0.15) is 11.5 Å². The van der Waals surface area contributed by atoms with Gasteiger partial charge in [0.15, 0.2) is 0 Å². The van der Waals surface area contributed by atoms with Crippen LogP contribution < -0.4 is 11.1 Å². The van der Waals surface area contributed by atoms with Gasteiger partial charge in [-0.05, 0) is 37.8 Å². The van der Waals surface area contributed by atoms with Crippen LogP contribution in [-0.4, -0.2) is 28.3 Å². The van der Waals surface area contributed by atoms with Gasteiger partial charge in [0.05, 0.1) is 17.5 Å². The third kappa shape index (κ3) is 4.24. The molecule has 5 nitrogen and oxygen atoms in total. The fraction of sp³-hybridized carbons (Fsp3) is 0.474. The normalized spacial score (nSPS) is 16.0. The highest BCUT2D eigenvalue weighted by molar-refractivity contribution is 5.95. The van der Waals surface area contributed by atoms with Gasteiger partial charge >= 0.3 is 0 Å². The molecule has 1 aromatic carbocycles. The first-order valence-electron chi connectivity index (χ1n) is 8.92. The molecule has 1 amide bonds. The van der Waals surface area contributed by atoms with Crippen molar-refractivity contribution in [2.45, 2.75) is 45.1 Å². The number of hydrogen-bond acceptors (Lipinski definition) is 3. The Morgan fingerprint density at radius 3 is 2.69 bits per heavy atom. The average molecular weight is 381 g/mol. The molecule has 26 heavy (non-hydrogen) atoms. The van der Waals surface area contributed by atoms with Crippen molar-refractivity contribution in [3.8, 4) is 5.69 Å². The van der Waals surface area contributed by atoms with Crippen molar-refractivity contribution >= 4 is 18.3 Å². The molecule has 3 rings (SSSR count). The molecule has 142 valence electrons. The maximum Gasteiger partial charge on any atom is 0.255 e. The van der Waals surface area contributed by atoms with Crippen molar-refractivity contribution in [3.63, 3.8) is 0 Å². The van der Waals surface area contributed by atoms with Crippen LogP contribution in [0.1, 0.15) is 48.2 Å². The van der Waals surface area contributed by atoms with E-state index in [1.807, 2.05) is 0 Å². The molecule has 0 bridgehead atoms. The predicted octanol–water partition coefficient (Wildman–Crippen LogP) is 3.38. The zero-order valence-corrected chi connectivity index (χ0v) is 15.8. The molecular formula is C19H26ClFN4O. The molecule has 0 saturated heterocycles. The van der Waals surface area contributed by atoms with Gasteiger partial charge < -0.3 is 11.1 Å². The summed E-state index contributed by atoms with van der Waals surface area (Å²) >= 11 is 0. The summed E-state index contributed by atoms with van der Waals surface area (Å²) in [6.07, 6.45) is 7.36. The molecule has 1 fully saturated rings. The number of nitrogens with zero attached hydrogens (tertiary/aromatic N) is 2. The summed E-state index contributed by atoms with van der Waals surface area (Å²) in [6.45, 7) is 2.20. The van der Waals surface area contributed by atoms with Crippen molar-refractivity contribution in [1.82, 2.24) is 15.1 Å². The first-order valence-corrected chi connectivity index (χ1v) is 8.92. The molecule has 1 atom stereocenters. The maximum atomic E-state index is 14.0. The van der Waals surface area contributed by atoms with Gasteiger partial charge in [-0.15, -0.1) is 12.4 Å². The van der Waals surface area contributed by atoms with Crippen LogP contribution in [0, 0.1) is 18.7 Å². The first kappa shape index (κ1) is 20.4. The molecule has 1 aliphatic carbocycles. The monoisotopic (exact) mass is 380 g/mol. The quantitative estimate of drug-likeness (QED) is 0.835. The molecular weight excluding hydrogens is 355 g/mol. The standard InChI is InChI=1S/C19H25FN4O.ClH/c1-13-15(12-22-24(13)18-10-6-5-9-16(18)20)19(25)23-17(11-21)14-7-3-2-4-8-14;/h5-6,9-10,12,14,17H,2-4,7-8,11,21H2,1H3,(H,23,25);1H. The van der Waals surface area contributed by atoms with E-state index in [2.05, 4.69) is 10.4 Å². The van der Waals surface area contributed by atoms with Crippen molar-refractivity contribution in [2.75, 3.05) is 6.54 Å². The Morgan fingerprint density at radius 2 is 2.04 bits per heavy atom. The predicted molar refractivity (Wildman–Crippen MR) is 102 cm³/mol. The Hall–Kier alpha value is -1.92. The van der Waals surface area contributed by atoms with Crippen molar-refractivity contribution in [3.05, 3.63) is 47.5 Å². The number of carbonyl (C=O) groups is 1. The summed E-state index contributed by atoms with van der Waals surface area (Å²) in [5.74, 6) is -0.131. The number of nitrogens with one attached hydrogen (secondary N) is 1. The number of amides is 1. The highest BCUT2D eigenvalue weighted by Gasteiger charge is 2.26. The third-order valence-electron chi connectivity index (χ3n) is 5.12. The van der Waals surface area contributed by atoms with E-state index in [9.17, 15) is 9.18 Å². The minimum Gasteiger partial charge on any atom is -0.348 e. The second kappa shape index (κ2) is 9.14. The van der Waals surface area contributed by atoms with Crippen LogP contribution in [0.4, 0.5) is 4.39 Å². The van der Waals surface area contributed by atoms with Crippen LogP contribution in [0.25, 0.3) is 5.69 Å². The van der Waals surface area contributed by atoms with Crippen LogP contribution in [0.5, 0.6) is 0 Å². The lowest BCUT2D eigenvalue weighted by atomic mass is 9.84. The second-order valence-electron chi connectivity index (χ2n) is 6.72. The van der Waals surface area contributed by atoms with Gasteiger partial charge in [0, 0.05) is 12.6 Å². The van der Waals surface area contributed by atoms with Crippen LogP contribution in [-0.2, 0) is 0 Å². The van der Waals surface area contributed by atoms with Gasteiger partial charge in [0.25, 0.3) is 5.91 Å². The number of nitrogens with two attached hydrogens (primary N) is 1. The van der Waals surface area contributed by atoms with E-state index in [1.165, 1.54) is 36.2 Å². The number of carbonyl (C=O) groups excluding carboxylic acids is 1. The van der Waals surface area contributed by atoms with E-state index in [0.29, 0.717) is 29.4 Å². The third-order valence-corrected chi connectivity index (χ3v) is 5.12. The fourth-order valence-electron chi connectivity index (χ4n) is 3.65. The summed E-state index contributed by atoms with van der Waals surface area (Å²) in [5, 5.41) is 7.26. The first-order chi connectivity index (χ1) is 12.1. The molecule has 1 saturated carbocycles. The minimum atomic E-state index is -0.373. The van der Waals surface area contributed by atoms with Gasteiger partial charge in [-0.1, -0.05) is 31.4 Å². The summed E-state index contributed by atoms with van der Waals surface area (Å²) in [4.78, 5) is 12.7. The SMILES string of the molecule is Cc1c(C(=O)NC(CN)C2CCCCC2)cnn1-c1ccccc1F.Cl. The molecule has 7 heteroatoms. The molecule has 2 aromatic rings. The molecule has 0 spiro atoms. The van der Waals surface area contributed by atoms with E-state index >= 15 is 0 Å². The topological polar surface area (TPSA) is 72.9 Å². The maximum absolute atomic E-state index is 14.0. The number of aromatic nitrogens is 2. The number of halogens is 2. The number of benzene rings is 1. The lowest BCUT2D eigenvalue weighted by molar-refractivity contribution is 0.0915. The smallest absolute Gasteiger partial charge is 0.255 e. The average Bonchev–Trinajstić information content (AvgIpc) is 3.02. The lowest BCUT2D eigenvalue weighted by Crippen LogP contribution is -2.46.